The second kappa shape index (κ2) is 16.6. The highest BCUT2D eigenvalue weighted by atomic mass is 19.1. The minimum Gasteiger partial charge on any atom is -0.458 e. The average molecular weight is 825 g/mol. The molecular weight excluding hydrogens is 780 g/mol. The molecule has 0 saturated carbocycles. The summed E-state index contributed by atoms with van der Waals surface area (Å²) in [6.45, 7) is 1.41. The standard InChI is InChI=1S/C42H45FN8O9/c1-3-42(59)26-14-31-38-24(19-51(31)40(57)25(26)20-60-41(42)58)37-30(10-9-23-21(2)27(43)15-28(49-38)36(23)37)50(12-11-32(45)52)35(55)18-47-39(56)29(13-22-7-5-4-6-8-22)48-34(54)17-46-33(53)16-44/h4-8,14-15,29-30,59H,3,9-13,16-20,44H2,1-2H3,(H2,45,52)(H,46,53)(H,47,56)(H,48,54)/t29-,30-,42-/m0/s1. The summed E-state index contributed by atoms with van der Waals surface area (Å²) in [5, 5.41) is 19.6. The predicted molar refractivity (Wildman–Crippen MR) is 213 cm³/mol. The van der Waals surface area contributed by atoms with Crippen LogP contribution in [0.2, 0.25) is 0 Å². The number of benzene rings is 2. The van der Waals surface area contributed by atoms with Crippen molar-refractivity contribution in [1.29, 1.82) is 0 Å². The Balaban J connectivity index is 1.26. The van der Waals surface area contributed by atoms with Crippen LogP contribution in [-0.2, 0) is 65.1 Å². The van der Waals surface area contributed by atoms with Crippen molar-refractivity contribution < 1.29 is 43.0 Å². The normalized spacial score (nSPS) is 17.8. The largest absolute Gasteiger partial charge is 0.458 e. The first-order valence-electron chi connectivity index (χ1n) is 19.6. The Morgan fingerprint density at radius 1 is 1.07 bits per heavy atom. The van der Waals surface area contributed by atoms with Gasteiger partial charge in [-0.1, -0.05) is 37.3 Å². The third-order valence-electron chi connectivity index (χ3n) is 11.6. The summed E-state index contributed by atoms with van der Waals surface area (Å²) in [6, 6.07) is 9.76. The third-order valence-corrected chi connectivity index (χ3v) is 11.6. The fraction of sp³-hybridized carbons (Fsp3) is 0.381. The first kappa shape index (κ1) is 41.6. The van der Waals surface area contributed by atoms with Crippen LogP contribution in [0.25, 0.3) is 22.3 Å². The molecule has 4 aromatic rings. The third kappa shape index (κ3) is 7.59. The average Bonchev–Trinajstić information content (AvgIpc) is 3.61. The molecule has 2 aromatic carbocycles. The molecule has 0 spiro atoms. The lowest BCUT2D eigenvalue weighted by Crippen LogP contribution is -2.52. The number of esters is 1. The van der Waals surface area contributed by atoms with E-state index in [9.17, 15) is 38.7 Å². The molecule has 5 amide bonds. The smallest absolute Gasteiger partial charge is 0.343 e. The van der Waals surface area contributed by atoms with Gasteiger partial charge in [0.25, 0.3) is 5.56 Å². The van der Waals surface area contributed by atoms with Crippen LogP contribution in [0.4, 0.5) is 4.39 Å². The van der Waals surface area contributed by atoms with E-state index in [0.717, 1.165) is 0 Å². The van der Waals surface area contributed by atoms with Crippen LogP contribution in [0.5, 0.6) is 0 Å². The number of halogens is 1. The first-order chi connectivity index (χ1) is 28.7. The molecule has 1 aliphatic carbocycles. The van der Waals surface area contributed by atoms with Crippen molar-refractivity contribution in [3.05, 3.63) is 97.6 Å². The molecule has 0 fully saturated rings. The van der Waals surface area contributed by atoms with E-state index in [1.54, 1.807) is 50.2 Å². The fourth-order valence-corrected chi connectivity index (χ4v) is 8.47. The monoisotopic (exact) mass is 824 g/mol. The van der Waals surface area contributed by atoms with Crippen molar-refractivity contribution in [2.24, 2.45) is 11.5 Å². The first-order valence-corrected chi connectivity index (χ1v) is 19.6. The van der Waals surface area contributed by atoms with E-state index in [1.807, 2.05) is 0 Å². The molecule has 314 valence electrons. The summed E-state index contributed by atoms with van der Waals surface area (Å²) in [5.74, 6) is -4.59. The number of hydrogen-bond donors (Lipinski definition) is 6. The summed E-state index contributed by atoms with van der Waals surface area (Å²) in [4.78, 5) is 98.0. The minimum atomic E-state index is -2.08. The van der Waals surface area contributed by atoms with Gasteiger partial charge in [-0.25, -0.2) is 14.2 Å². The van der Waals surface area contributed by atoms with Gasteiger partial charge < -0.3 is 46.7 Å². The van der Waals surface area contributed by atoms with Crippen LogP contribution in [0.15, 0.2) is 47.3 Å². The van der Waals surface area contributed by atoms with E-state index >= 15 is 4.39 Å². The quantitative estimate of drug-likeness (QED) is 0.0821. The van der Waals surface area contributed by atoms with Crippen LogP contribution in [-0.4, -0.2) is 87.3 Å². The maximum absolute atomic E-state index is 15.5. The van der Waals surface area contributed by atoms with Crippen molar-refractivity contribution in [2.45, 2.75) is 76.8 Å². The van der Waals surface area contributed by atoms with Crippen LogP contribution < -0.4 is 33.0 Å². The van der Waals surface area contributed by atoms with E-state index in [2.05, 4.69) is 16.0 Å². The van der Waals surface area contributed by atoms with Gasteiger partial charge in [0, 0.05) is 42.0 Å². The molecule has 17 nitrogen and oxygen atoms in total. The lowest BCUT2D eigenvalue weighted by Gasteiger charge is -2.37. The van der Waals surface area contributed by atoms with Crippen molar-refractivity contribution in [2.75, 3.05) is 26.2 Å². The molecule has 2 aliphatic heterocycles. The van der Waals surface area contributed by atoms with Gasteiger partial charge in [0.1, 0.15) is 18.5 Å². The van der Waals surface area contributed by atoms with E-state index in [4.69, 9.17) is 21.2 Å². The summed E-state index contributed by atoms with van der Waals surface area (Å²) < 4.78 is 22.2. The number of pyridine rings is 2. The number of nitrogens with two attached hydrogens (primary N) is 2. The fourth-order valence-electron chi connectivity index (χ4n) is 8.47. The highest BCUT2D eigenvalue weighted by Crippen LogP contribution is 2.47. The van der Waals surface area contributed by atoms with Gasteiger partial charge >= 0.3 is 5.97 Å². The number of carbonyl (C=O) groups excluding carboxylic acids is 6. The summed E-state index contributed by atoms with van der Waals surface area (Å²) >= 11 is 0. The van der Waals surface area contributed by atoms with Gasteiger partial charge in [0.2, 0.25) is 29.5 Å². The van der Waals surface area contributed by atoms with Crippen molar-refractivity contribution in [1.82, 2.24) is 30.4 Å². The zero-order valence-electron chi connectivity index (χ0n) is 33.1. The van der Waals surface area contributed by atoms with E-state index in [0.29, 0.717) is 45.3 Å². The molecule has 3 aliphatic rings. The highest BCUT2D eigenvalue weighted by Gasteiger charge is 2.46. The zero-order valence-corrected chi connectivity index (χ0v) is 33.1. The topological polar surface area (TPSA) is 258 Å². The number of carbonyl (C=O) groups is 6. The maximum Gasteiger partial charge on any atom is 0.343 e. The summed E-state index contributed by atoms with van der Waals surface area (Å²) in [5.41, 5.74) is 12.3. The van der Waals surface area contributed by atoms with Crippen LogP contribution in [0.3, 0.4) is 0 Å². The number of primary amides is 1. The van der Waals surface area contributed by atoms with Crippen molar-refractivity contribution in [3.63, 3.8) is 0 Å². The Labute approximate surface area is 342 Å². The van der Waals surface area contributed by atoms with Gasteiger partial charge in [-0.2, -0.15) is 0 Å². The molecule has 4 heterocycles. The van der Waals surface area contributed by atoms with E-state index in [1.165, 1.54) is 15.5 Å². The molecule has 0 unspecified atom stereocenters. The molecule has 2 aromatic heterocycles. The molecule has 0 bridgehead atoms. The molecular formula is C42H45FN8O9. The second-order valence-electron chi connectivity index (χ2n) is 15.2. The minimum absolute atomic E-state index is 0.0128. The molecule has 3 atom stereocenters. The van der Waals surface area contributed by atoms with E-state index < -0.39 is 77.7 Å². The number of amides is 5. The van der Waals surface area contributed by atoms with Gasteiger partial charge in [-0.3, -0.25) is 28.8 Å². The Morgan fingerprint density at radius 3 is 2.52 bits per heavy atom. The zero-order chi connectivity index (χ0) is 43.0. The number of ether oxygens (including phenoxy) is 1. The number of aryl methyl sites for hydroxylation is 1. The molecule has 7 rings (SSSR count). The van der Waals surface area contributed by atoms with E-state index in [-0.39, 0.29) is 74.3 Å². The number of aromatic nitrogens is 2. The van der Waals surface area contributed by atoms with Crippen LogP contribution in [0, 0.1) is 12.7 Å². The summed E-state index contributed by atoms with van der Waals surface area (Å²) in [6.07, 6.45) is 0.335. The number of cyclic esters (lactones) is 1. The number of nitrogens with one attached hydrogen (secondary N) is 3. The molecule has 8 N–H and O–H groups in total. The number of nitrogens with zero attached hydrogens (tertiary/aromatic N) is 3. The Bertz CT molecular complexity index is 2530. The Morgan fingerprint density at radius 2 is 1.82 bits per heavy atom. The van der Waals surface area contributed by atoms with Gasteiger partial charge in [-0.05, 0) is 54.5 Å². The Kier molecular flexibility index (Phi) is 11.5. The number of hydrogen-bond acceptors (Lipinski definition) is 11. The number of aliphatic hydroxyl groups is 1. The van der Waals surface area contributed by atoms with Gasteiger partial charge in [0.15, 0.2) is 5.60 Å². The SMILES string of the molecule is CC[C@@]1(O)C(=O)OCc2c1cc1n(c2=O)Cc2c-1nc1cc(F)c(C)c3c1c2[C@@H](N(CCC(N)=O)C(=O)CNC(=O)[C@H](Cc1ccccc1)NC(=O)CNC(=O)CN)CC3. The molecule has 0 radical (unpaired) electrons. The van der Waals surface area contributed by atoms with Crippen molar-refractivity contribution >= 4 is 46.4 Å². The molecule has 0 saturated heterocycles. The lowest BCUT2D eigenvalue weighted by atomic mass is 9.81. The number of fused-ring (bicyclic) bond motifs is 5. The molecule has 18 heteroatoms. The summed E-state index contributed by atoms with van der Waals surface area (Å²) in [7, 11) is 0. The van der Waals surface area contributed by atoms with Gasteiger partial charge in [0.05, 0.1) is 54.7 Å². The van der Waals surface area contributed by atoms with Crippen molar-refractivity contribution in [3.8, 4) is 11.4 Å². The second-order valence-corrected chi connectivity index (χ2v) is 15.2. The Hall–Kier alpha value is -6.53. The molecule has 60 heavy (non-hydrogen) atoms. The maximum atomic E-state index is 15.5. The van der Waals surface area contributed by atoms with Gasteiger partial charge in [-0.15, -0.1) is 0 Å². The predicted octanol–water partition coefficient (Wildman–Crippen LogP) is 0.137. The lowest BCUT2D eigenvalue weighted by molar-refractivity contribution is -0.172. The van der Waals surface area contributed by atoms with Crippen LogP contribution in [0.1, 0.15) is 71.2 Å². The highest BCUT2D eigenvalue weighted by molar-refractivity contribution is 5.95. The number of rotatable bonds is 14. The van der Waals surface area contributed by atoms with Crippen LogP contribution >= 0.6 is 0 Å².